The average molecular weight is 423 g/mol. The second kappa shape index (κ2) is 8.83. The largest absolute Gasteiger partial charge is 0.444 e. The number of pyridine rings is 2. The van der Waals surface area contributed by atoms with Crippen LogP contribution in [0.3, 0.4) is 0 Å². The molecule has 3 N–H and O–H groups in total. The van der Waals surface area contributed by atoms with E-state index in [1.165, 1.54) is 0 Å². The number of aromatic amines is 1. The quantitative estimate of drug-likeness (QED) is 0.549. The Morgan fingerprint density at radius 3 is 2.74 bits per heavy atom. The summed E-state index contributed by atoms with van der Waals surface area (Å²) in [5.41, 5.74) is 2.23. The molecule has 0 radical (unpaired) electrons. The van der Waals surface area contributed by atoms with Crippen LogP contribution in [0, 0.1) is 5.92 Å². The number of hydrogen-bond donors (Lipinski definition) is 3. The molecule has 164 valence electrons. The topological polar surface area (TPSA) is 95.2 Å². The van der Waals surface area contributed by atoms with Gasteiger partial charge in [-0.25, -0.2) is 9.78 Å². The molecule has 0 saturated carbocycles. The molecule has 0 aromatic carbocycles. The number of nitrogens with one attached hydrogen (secondary N) is 3. The highest BCUT2D eigenvalue weighted by atomic mass is 16.6. The summed E-state index contributed by atoms with van der Waals surface area (Å²) < 4.78 is 5.47. The van der Waals surface area contributed by atoms with E-state index < -0.39 is 5.60 Å². The van der Waals surface area contributed by atoms with Gasteiger partial charge in [-0.05, 0) is 63.8 Å². The molecule has 4 heterocycles. The number of H-pyrrole nitrogens is 1. The van der Waals surface area contributed by atoms with Gasteiger partial charge in [-0.3, -0.25) is 4.98 Å². The summed E-state index contributed by atoms with van der Waals surface area (Å²) >= 11 is 0. The standard InChI is InChI=1S/C23H30N6O2/c1-23(2,3)31-22(30)29-10-7-16(8-11-29)13-26-18-12-19(15-24-14-18)27-20-5-4-17-6-9-25-21(17)28-20/h4-6,9,12,14-16,26H,7-8,10-11,13H2,1-3H3,(H2,25,27,28). The number of likely N-dealkylation sites (tertiary alicyclic amines) is 1. The Balaban J connectivity index is 1.27. The molecule has 0 bridgehead atoms. The predicted octanol–water partition coefficient (Wildman–Crippen LogP) is 4.76. The molecule has 0 atom stereocenters. The first kappa shape index (κ1) is 21.0. The summed E-state index contributed by atoms with van der Waals surface area (Å²) in [6.45, 7) is 8.00. The van der Waals surface area contributed by atoms with Crippen LogP contribution in [-0.2, 0) is 4.74 Å². The summed E-state index contributed by atoms with van der Waals surface area (Å²) in [5, 5.41) is 7.87. The summed E-state index contributed by atoms with van der Waals surface area (Å²) in [6.07, 6.45) is 7.18. The van der Waals surface area contributed by atoms with E-state index in [0.717, 1.165) is 60.7 Å². The fraction of sp³-hybridized carbons (Fsp3) is 0.435. The number of aromatic nitrogens is 3. The van der Waals surface area contributed by atoms with Gasteiger partial charge in [0.25, 0.3) is 0 Å². The molecule has 1 saturated heterocycles. The van der Waals surface area contributed by atoms with Gasteiger partial charge in [0.15, 0.2) is 0 Å². The van der Waals surface area contributed by atoms with Gasteiger partial charge in [0, 0.05) is 31.2 Å². The fourth-order valence-corrected chi connectivity index (χ4v) is 3.66. The molecule has 8 heteroatoms. The molecule has 1 aliphatic heterocycles. The zero-order chi connectivity index (χ0) is 21.8. The van der Waals surface area contributed by atoms with E-state index in [9.17, 15) is 4.79 Å². The van der Waals surface area contributed by atoms with Crippen LogP contribution in [0.2, 0.25) is 0 Å². The van der Waals surface area contributed by atoms with Crippen LogP contribution >= 0.6 is 0 Å². The lowest BCUT2D eigenvalue weighted by atomic mass is 9.97. The van der Waals surface area contributed by atoms with Gasteiger partial charge in [0.2, 0.25) is 0 Å². The zero-order valence-electron chi connectivity index (χ0n) is 18.3. The molecular formula is C23H30N6O2. The van der Waals surface area contributed by atoms with Gasteiger partial charge in [-0.1, -0.05) is 0 Å². The Bertz CT molecular complexity index is 1030. The zero-order valence-corrected chi connectivity index (χ0v) is 18.3. The lowest BCUT2D eigenvalue weighted by molar-refractivity contribution is 0.0188. The number of hydrogen-bond acceptors (Lipinski definition) is 6. The number of rotatable bonds is 5. The monoisotopic (exact) mass is 422 g/mol. The van der Waals surface area contributed by atoms with Crippen LogP contribution in [0.5, 0.6) is 0 Å². The first-order valence-electron chi connectivity index (χ1n) is 10.7. The summed E-state index contributed by atoms with van der Waals surface area (Å²) in [4.78, 5) is 26.0. The van der Waals surface area contributed by atoms with Crippen LogP contribution in [-0.4, -0.2) is 51.2 Å². The van der Waals surface area contributed by atoms with E-state index in [-0.39, 0.29) is 6.09 Å². The SMILES string of the molecule is CC(C)(C)OC(=O)N1CCC(CNc2cncc(Nc3ccc4cc[nH]c4n3)c2)CC1. The number of amides is 1. The number of piperidine rings is 1. The Labute approximate surface area is 182 Å². The van der Waals surface area contributed by atoms with Crippen molar-refractivity contribution in [3.63, 3.8) is 0 Å². The van der Waals surface area contributed by atoms with Gasteiger partial charge < -0.3 is 25.3 Å². The number of anilines is 3. The molecule has 0 aliphatic carbocycles. The molecule has 1 fully saturated rings. The van der Waals surface area contributed by atoms with E-state index >= 15 is 0 Å². The fourth-order valence-electron chi connectivity index (χ4n) is 3.66. The van der Waals surface area contributed by atoms with E-state index in [2.05, 4.69) is 25.6 Å². The molecule has 3 aromatic rings. The van der Waals surface area contributed by atoms with Crippen molar-refractivity contribution in [2.75, 3.05) is 30.3 Å². The smallest absolute Gasteiger partial charge is 0.410 e. The normalized spacial score (nSPS) is 15.1. The lowest BCUT2D eigenvalue weighted by Gasteiger charge is -2.33. The molecule has 3 aromatic heterocycles. The number of ether oxygens (including phenoxy) is 1. The third kappa shape index (κ3) is 5.65. The molecule has 0 unspecified atom stereocenters. The van der Waals surface area contributed by atoms with Crippen molar-refractivity contribution in [1.82, 2.24) is 19.9 Å². The van der Waals surface area contributed by atoms with Crippen molar-refractivity contribution >= 4 is 34.3 Å². The second-order valence-electron chi connectivity index (χ2n) is 8.99. The Kier molecular flexibility index (Phi) is 5.97. The van der Waals surface area contributed by atoms with Gasteiger partial charge in [0.05, 0.1) is 23.8 Å². The third-order valence-electron chi connectivity index (χ3n) is 5.28. The summed E-state index contributed by atoms with van der Waals surface area (Å²) in [5.74, 6) is 1.27. The molecule has 1 amide bonds. The number of fused-ring (bicyclic) bond motifs is 1. The maximum atomic E-state index is 12.2. The highest BCUT2D eigenvalue weighted by Gasteiger charge is 2.26. The summed E-state index contributed by atoms with van der Waals surface area (Å²) in [7, 11) is 0. The lowest BCUT2D eigenvalue weighted by Crippen LogP contribution is -2.42. The molecule has 8 nitrogen and oxygen atoms in total. The molecule has 1 aliphatic rings. The number of nitrogens with zero attached hydrogens (tertiary/aromatic N) is 3. The number of carbonyl (C=O) groups excluding carboxylic acids is 1. The minimum atomic E-state index is -0.454. The van der Waals surface area contributed by atoms with Crippen molar-refractivity contribution in [3.8, 4) is 0 Å². The molecule has 0 spiro atoms. The second-order valence-corrected chi connectivity index (χ2v) is 8.99. The van der Waals surface area contributed by atoms with Crippen molar-refractivity contribution < 1.29 is 9.53 Å². The maximum Gasteiger partial charge on any atom is 0.410 e. The first-order chi connectivity index (χ1) is 14.9. The predicted molar refractivity (Wildman–Crippen MR) is 123 cm³/mol. The van der Waals surface area contributed by atoms with Gasteiger partial charge in [-0.15, -0.1) is 0 Å². The van der Waals surface area contributed by atoms with E-state index in [1.54, 1.807) is 6.20 Å². The summed E-state index contributed by atoms with van der Waals surface area (Å²) in [6, 6.07) is 8.01. The Morgan fingerprint density at radius 1 is 1.19 bits per heavy atom. The molecule has 31 heavy (non-hydrogen) atoms. The van der Waals surface area contributed by atoms with Crippen molar-refractivity contribution in [2.45, 2.75) is 39.2 Å². The van der Waals surface area contributed by atoms with Gasteiger partial charge in [-0.2, -0.15) is 0 Å². The van der Waals surface area contributed by atoms with Gasteiger partial charge in [0.1, 0.15) is 17.1 Å². The number of carbonyl (C=O) groups is 1. The minimum Gasteiger partial charge on any atom is -0.444 e. The van der Waals surface area contributed by atoms with Crippen LogP contribution < -0.4 is 10.6 Å². The minimum absolute atomic E-state index is 0.215. The van der Waals surface area contributed by atoms with E-state index in [4.69, 9.17) is 4.74 Å². The maximum absolute atomic E-state index is 12.2. The van der Waals surface area contributed by atoms with E-state index in [0.29, 0.717) is 5.92 Å². The molecule has 4 rings (SSSR count). The van der Waals surface area contributed by atoms with Crippen molar-refractivity contribution in [2.24, 2.45) is 5.92 Å². The van der Waals surface area contributed by atoms with Crippen LogP contribution in [0.1, 0.15) is 33.6 Å². The first-order valence-corrected chi connectivity index (χ1v) is 10.7. The van der Waals surface area contributed by atoms with Crippen molar-refractivity contribution in [3.05, 3.63) is 42.9 Å². The van der Waals surface area contributed by atoms with E-state index in [1.807, 2.05) is 62.3 Å². The van der Waals surface area contributed by atoms with Crippen LogP contribution in [0.15, 0.2) is 42.9 Å². The van der Waals surface area contributed by atoms with Crippen LogP contribution in [0.4, 0.5) is 22.0 Å². The Morgan fingerprint density at radius 2 is 1.97 bits per heavy atom. The average Bonchev–Trinajstić information content (AvgIpc) is 3.20. The van der Waals surface area contributed by atoms with Crippen molar-refractivity contribution in [1.29, 1.82) is 0 Å². The highest BCUT2D eigenvalue weighted by Crippen LogP contribution is 2.23. The van der Waals surface area contributed by atoms with Crippen LogP contribution in [0.25, 0.3) is 11.0 Å². The van der Waals surface area contributed by atoms with Gasteiger partial charge >= 0.3 is 6.09 Å². The third-order valence-corrected chi connectivity index (χ3v) is 5.28. The Hall–Kier alpha value is -3.29. The highest BCUT2D eigenvalue weighted by molar-refractivity contribution is 5.78. The molecular weight excluding hydrogens is 392 g/mol.